The third-order valence-electron chi connectivity index (χ3n) is 4.09. The molecule has 0 radical (unpaired) electrons. The minimum absolute atomic E-state index is 0.593. The van der Waals surface area contributed by atoms with Crippen LogP contribution in [0, 0.1) is 46.5 Å². The third-order valence-corrected chi connectivity index (χ3v) is 4.96. The van der Waals surface area contributed by atoms with Crippen molar-refractivity contribution in [1.29, 1.82) is 10.5 Å². The van der Waals surface area contributed by atoms with Gasteiger partial charge in [-0.2, -0.15) is 10.5 Å². The summed E-state index contributed by atoms with van der Waals surface area (Å²) in [5.41, 5.74) is 5.10. The maximum absolute atomic E-state index is 9.17. The number of nitriles is 2. The zero-order valence-electron chi connectivity index (χ0n) is 18.8. The number of aromatic nitrogens is 2. The van der Waals surface area contributed by atoms with Gasteiger partial charge in [-0.05, 0) is 52.0 Å². The summed E-state index contributed by atoms with van der Waals surface area (Å²) in [4.78, 5) is 8.44. The summed E-state index contributed by atoms with van der Waals surface area (Å²) >= 11 is 0. The lowest BCUT2D eigenvalue weighted by Crippen LogP contribution is -2.19. The molecule has 152 valence electrons. The van der Waals surface area contributed by atoms with Gasteiger partial charge in [0.25, 0.3) is 0 Å². The van der Waals surface area contributed by atoms with Gasteiger partial charge in [0.05, 0.1) is 34.4 Å². The molecule has 0 aliphatic carbocycles. The van der Waals surface area contributed by atoms with Crippen LogP contribution in [0.25, 0.3) is 0 Å². The number of nitrogens with zero attached hydrogens (tertiary/aromatic N) is 4. The zero-order chi connectivity index (χ0) is 23.0. The van der Waals surface area contributed by atoms with E-state index in [0.29, 0.717) is 11.3 Å². The normalized spacial score (nSPS) is 10.8. The SMILES string of the molecule is C#Cc1cccnc1C(C)(C)C#N.CC(C)(C#N)c1ncccc1C#C[Si](C)(C)C. The van der Waals surface area contributed by atoms with Gasteiger partial charge in [0.2, 0.25) is 0 Å². The molecule has 30 heavy (non-hydrogen) atoms. The molecule has 2 heterocycles. The van der Waals surface area contributed by atoms with Crippen molar-refractivity contribution in [2.75, 3.05) is 0 Å². The van der Waals surface area contributed by atoms with E-state index in [-0.39, 0.29) is 0 Å². The van der Waals surface area contributed by atoms with Crippen LogP contribution in [0.3, 0.4) is 0 Å². The van der Waals surface area contributed by atoms with Gasteiger partial charge in [-0.1, -0.05) is 31.5 Å². The van der Waals surface area contributed by atoms with Gasteiger partial charge < -0.3 is 0 Å². The molecular formula is C25H28N4Si. The van der Waals surface area contributed by atoms with E-state index < -0.39 is 18.9 Å². The average Bonchev–Trinajstić information content (AvgIpc) is 2.72. The molecule has 0 amide bonds. The fourth-order valence-corrected chi connectivity index (χ4v) is 2.89. The lowest BCUT2D eigenvalue weighted by Gasteiger charge is -2.16. The topological polar surface area (TPSA) is 73.4 Å². The van der Waals surface area contributed by atoms with Gasteiger partial charge in [-0.3, -0.25) is 9.97 Å². The van der Waals surface area contributed by atoms with Crippen LogP contribution in [0.15, 0.2) is 36.7 Å². The molecule has 0 spiro atoms. The van der Waals surface area contributed by atoms with Crippen molar-refractivity contribution >= 4 is 8.07 Å². The van der Waals surface area contributed by atoms with Crippen molar-refractivity contribution < 1.29 is 0 Å². The molecule has 0 saturated carbocycles. The van der Waals surface area contributed by atoms with Gasteiger partial charge in [-0.25, -0.2) is 0 Å². The van der Waals surface area contributed by atoms with Crippen molar-refractivity contribution in [3.8, 4) is 35.9 Å². The third kappa shape index (κ3) is 6.90. The number of terminal acetylenes is 1. The Morgan fingerprint density at radius 1 is 0.833 bits per heavy atom. The molecule has 5 heteroatoms. The minimum Gasteiger partial charge on any atom is -0.258 e. The average molecular weight is 413 g/mol. The molecule has 0 aliphatic rings. The highest BCUT2D eigenvalue weighted by atomic mass is 28.3. The minimum atomic E-state index is -1.40. The van der Waals surface area contributed by atoms with Crippen LogP contribution in [0.1, 0.15) is 50.2 Å². The van der Waals surface area contributed by atoms with Crippen LogP contribution < -0.4 is 0 Å². The lowest BCUT2D eigenvalue weighted by molar-refractivity contribution is 0.657. The first-order valence-corrected chi connectivity index (χ1v) is 13.1. The van der Waals surface area contributed by atoms with Crippen LogP contribution in [0.2, 0.25) is 19.6 Å². The molecule has 0 unspecified atom stereocenters. The number of hydrogen-bond acceptors (Lipinski definition) is 4. The van der Waals surface area contributed by atoms with Gasteiger partial charge >= 0.3 is 0 Å². The Balaban J connectivity index is 0.000000311. The van der Waals surface area contributed by atoms with E-state index in [4.69, 9.17) is 11.7 Å². The van der Waals surface area contributed by atoms with E-state index in [9.17, 15) is 5.26 Å². The quantitative estimate of drug-likeness (QED) is 0.515. The fraction of sp³-hybridized carbons (Fsp3) is 0.360. The maximum Gasteiger partial charge on any atom is 0.129 e. The monoisotopic (exact) mass is 412 g/mol. The van der Waals surface area contributed by atoms with Crippen LogP contribution in [0.5, 0.6) is 0 Å². The fourth-order valence-electron chi connectivity index (χ4n) is 2.38. The van der Waals surface area contributed by atoms with E-state index in [0.717, 1.165) is 11.3 Å². The lowest BCUT2D eigenvalue weighted by atomic mass is 9.88. The predicted octanol–water partition coefficient (Wildman–Crippen LogP) is 4.98. The van der Waals surface area contributed by atoms with Gasteiger partial charge in [0.1, 0.15) is 8.07 Å². The Morgan fingerprint density at radius 2 is 1.27 bits per heavy atom. The summed E-state index contributed by atoms with van der Waals surface area (Å²) in [5, 5.41) is 18.1. The molecule has 0 aliphatic heterocycles. The number of pyridine rings is 2. The number of rotatable bonds is 2. The van der Waals surface area contributed by atoms with Crippen molar-refractivity contribution in [2.45, 2.75) is 58.2 Å². The Kier molecular flexibility index (Phi) is 8.13. The molecule has 0 saturated heterocycles. The Bertz CT molecular complexity index is 1080. The molecule has 4 nitrogen and oxygen atoms in total. The van der Waals surface area contributed by atoms with Crippen molar-refractivity contribution in [3.63, 3.8) is 0 Å². The summed E-state index contributed by atoms with van der Waals surface area (Å²) in [6.07, 6.45) is 8.67. The molecule has 0 bridgehead atoms. The van der Waals surface area contributed by atoms with E-state index >= 15 is 0 Å². The van der Waals surface area contributed by atoms with Crippen LogP contribution in [-0.2, 0) is 10.8 Å². The van der Waals surface area contributed by atoms with Crippen LogP contribution in [0.4, 0.5) is 0 Å². The first kappa shape index (κ1) is 24.7. The molecule has 0 aromatic carbocycles. The molecule has 2 aromatic rings. The second-order valence-corrected chi connectivity index (χ2v) is 13.7. The Labute approximate surface area is 182 Å². The summed E-state index contributed by atoms with van der Waals surface area (Å²) in [6, 6.07) is 11.8. The van der Waals surface area contributed by atoms with E-state index in [1.807, 2.05) is 26.0 Å². The largest absolute Gasteiger partial charge is 0.258 e. The molecule has 0 N–H and O–H groups in total. The van der Waals surface area contributed by atoms with Gasteiger partial charge in [-0.15, -0.1) is 12.0 Å². The zero-order valence-corrected chi connectivity index (χ0v) is 19.8. The highest BCUT2D eigenvalue weighted by molar-refractivity contribution is 6.83. The summed E-state index contributed by atoms with van der Waals surface area (Å²) in [6.45, 7) is 13.9. The first-order chi connectivity index (χ1) is 13.9. The van der Waals surface area contributed by atoms with Crippen molar-refractivity contribution in [2.24, 2.45) is 0 Å². The Hall–Kier alpha value is -3.38. The second-order valence-electron chi connectivity index (χ2n) is 8.92. The molecule has 0 atom stereocenters. The highest BCUT2D eigenvalue weighted by Gasteiger charge is 2.24. The van der Waals surface area contributed by atoms with Gasteiger partial charge in [0, 0.05) is 23.5 Å². The summed E-state index contributed by atoms with van der Waals surface area (Å²) in [5.74, 6) is 5.71. The van der Waals surface area contributed by atoms with Crippen molar-refractivity contribution in [1.82, 2.24) is 9.97 Å². The predicted molar refractivity (Wildman–Crippen MR) is 124 cm³/mol. The smallest absolute Gasteiger partial charge is 0.129 e. The first-order valence-electron chi connectivity index (χ1n) is 9.61. The standard InChI is InChI=1S/C14H18N2Si.C11H10N2/c1-14(2,11-15)13-12(7-6-9-16-13)8-10-17(3,4)5;1-4-9-6-5-7-13-10(9)11(2,3)8-12/h6-7,9H,1-5H3;1,5-7H,2-3H3. The molecule has 0 fully saturated rings. The van der Waals surface area contributed by atoms with Crippen LogP contribution >= 0.6 is 0 Å². The second kappa shape index (κ2) is 9.89. The van der Waals surface area contributed by atoms with E-state index in [2.05, 4.69) is 59.1 Å². The van der Waals surface area contributed by atoms with Crippen molar-refractivity contribution in [3.05, 3.63) is 59.2 Å². The molecule has 2 rings (SSSR count). The Morgan fingerprint density at radius 3 is 1.67 bits per heavy atom. The van der Waals surface area contributed by atoms with Crippen LogP contribution in [-0.4, -0.2) is 18.0 Å². The molecular weight excluding hydrogens is 384 g/mol. The number of hydrogen-bond donors (Lipinski definition) is 0. The van der Waals surface area contributed by atoms with E-state index in [1.54, 1.807) is 38.4 Å². The van der Waals surface area contributed by atoms with E-state index in [1.165, 1.54) is 0 Å². The van der Waals surface area contributed by atoms with Gasteiger partial charge in [0.15, 0.2) is 0 Å². The highest BCUT2D eigenvalue weighted by Crippen LogP contribution is 2.23. The summed E-state index contributed by atoms with van der Waals surface area (Å²) < 4.78 is 0. The molecule has 2 aromatic heterocycles. The maximum atomic E-state index is 9.17. The summed E-state index contributed by atoms with van der Waals surface area (Å²) in [7, 11) is -1.40.